The number of fused-ring (bicyclic) bond motifs is 1. The largest absolute Gasteiger partial charge is 0.486 e. The van der Waals surface area contributed by atoms with Gasteiger partial charge in [0.05, 0.1) is 0 Å². The summed E-state index contributed by atoms with van der Waals surface area (Å²) in [5.41, 5.74) is 0.990. The van der Waals surface area contributed by atoms with Gasteiger partial charge in [-0.2, -0.15) is 0 Å². The topological polar surface area (TPSA) is 67.8 Å². The van der Waals surface area contributed by atoms with Crippen LogP contribution in [0.1, 0.15) is 25.8 Å². The Kier molecular flexibility index (Phi) is 4.84. The third-order valence-corrected chi connectivity index (χ3v) is 3.16. The molecule has 20 heavy (non-hydrogen) atoms. The lowest BCUT2D eigenvalue weighted by molar-refractivity contribution is -0.140. The van der Waals surface area contributed by atoms with Gasteiger partial charge < -0.3 is 19.9 Å². The Balaban J connectivity index is 1.97. The van der Waals surface area contributed by atoms with Crippen LogP contribution in [0.5, 0.6) is 11.5 Å². The quantitative estimate of drug-likeness (QED) is 0.834. The molecule has 1 unspecified atom stereocenters. The molecule has 2 rings (SSSR count). The average Bonchev–Trinajstić information content (AvgIpc) is 2.42. The van der Waals surface area contributed by atoms with Gasteiger partial charge in [0, 0.05) is 6.54 Å². The van der Waals surface area contributed by atoms with E-state index in [4.69, 9.17) is 9.47 Å². The van der Waals surface area contributed by atoms with E-state index in [9.17, 15) is 9.90 Å². The van der Waals surface area contributed by atoms with Gasteiger partial charge in [-0.25, -0.2) is 0 Å². The van der Waals surface area contributed by atoms with Crippen molar-refractivity contribution in [3.63, 3.8) is 0 Å². The molecule has 0 saturated heterocycles. The van der Waals surface area contributed by atoms with Crippen LogP contribution < -0.4 is 14.8 Å². The molecule has 0 radical (unpaired) electrons. The third-order valence-electron chi connectivity index (χ3n) is 3.16. The summed E-state index contributed by atoms with van der Waals surface area (Å²) < 4.78 is 11.0. The zero-order chi connectivity index (χ0) is 14.5. The summed E-state index contributed by atoms with van der Waals surface area (Å²) in [5.74, 6) is 1.00. The fourth-order valence-electron chi connectivity index (χ4n) is 2.18. The molecular weight excluding hydrogens is 258 g/mol. The highest BCUT2D eigenvalue weighted by Gasteiger charge is 2.18. The van der Waals surface area contributed by atoms with E-state index in [0.717, 1.165) is 17.1 Å². The zero-order valence-corrected chi connectivity index (χ0v) is 11.9. The number of carbonyl (C=O) groups is 1. The maximum atomic E-state index is 11.2. The van der Waals surface area contributed by atoms with Crippen molar-refractivity contribution in [3.8, 4) is 11.5 Å². The van der Waals surface area contributed by atoms with Crippen molar-refractivity contribution < 1.29 is 19.4 Å². The molecular formula is C15H21NO4. The summed E-state index contributed by atoms with van der Waals surface area (Å²) in [6.45, 7) is 5.65. The van der Waals surface area contributed by atoms with Crippen molar-refractivity contribution in [1.82, 2.24) is 5.32 Å². The highest BCUT2D eigenvalue weighted by atomic mass is 16.6. The second-order valence-corrected chi connectivity index (χ2v) is 5.38. The fraction of sp³-hybridized carbons (Fsp3) is 0.533. The van der Waals surface area contributed by atoms with E-state index in [-0.39, 0.29) is 0 Å². The van der Waals surface area contributed by atoms with Gasteiger partial charge in [0.1, 0.15) is 19.3 Å². The summed E-state index contributed by atoms with van der Waals surface area (Å²) in [6.07, 6.45) is 0.611. The Hall–Kier alpha value is -1.75. The number of benzene rings is 1. The molecule has 5 heteroatoms. The normalized spacial score (nSPS) is 15.2. The Labute approximate surface area is 118 Å². The Bertz CT molecular complexity index is 473. The summed E-state index contributed by atoms with van der Waals surface area (Å²) in [7, 11) is 0. The molecule has 110 valence electrons. The van der Waals surface area contributed by atoms with Gasteiger partial charge in [-0.15, -0.1) is 0 Å². The number of hydrogen-bond acceptors (Lipinski definition) is 4. The van der Waals surface area contributed by atoms with E-state index in [1.54, 1.807) is 0 Å². The summed E-state index contributed by atoms with van der Waals surface area (Å²) >= 11 is 0. The summed E-state index contributed by atoms with van der Waals surface area (Å²) in [4.78, 5) is 11.2. The molecule has 1 aliphatic heterocycles. The predicted molar refractivity (Wildman–Crippen MR) is 75.2 cm³/mol. The molecule has 1 heterocycles. The molecule has 1 aliphatic rings. The van der Waals surface area contributed by atoms with E-state index < -0.39 is 12.0 Å². The van der Waals surface area contributed by atoms with Crippen LogP contribution in [0.25, 0.3) is 0 Å². The minimum Gasteiger partial charge on any atom is -0.486 e. The van der Waals surface area contributed by atoms with Crippen LogP contribution in [0.15, 0.2) is 18.2 Å². The van der Waals surface area contributed by atoms with Crippen molar-refractivity contribution in [2.75, 3.05) is 13.2 Å². The van der Waals surface area contributed by atoms with E-state index in [2.05, 4.69) is 5.32 Å². The maximum Gasteiger partial charge on any atom is 0.320 e. The van der Waals surface area contributed by atoms with Crippen molar-refractivity contribution in [1.29, 1.82) is 0 Å². The molecule has 2 N–H and O–H groups in total. The second kappa shape index (κ2) is 6.61. The first-order chi connectivity index (χ1) is 9.56. The highest BCUT2D eigenvalue weighted by Crippen LogP contribution is 2.30. The van der Waals surface area contributed by atoms with Gasteiger partial charge >= 0.3 is 5.97 Å². The molecule has 1 atom stereocenters. The zero-order valence-electron chi connectivity index (χ0n) is 11.9. The minimum absolute atomic E-state index is 0.337. The number of hydrogen-bond donors (Lipinski definition) is 2. The molecule has 0 amide bonds. The molecule has 0 fully saturated rings. The minimum atomic E-state index is -0.809. The lowest BCUT2D eigenvalue weighted by atomic mass is 10.0. The molecule has 0 aliphatic carbocycles. The van der Waals surface area contributed by atoms with Gasteiger partial charge in [-0.3, -0.25) is 4.79 Å². The monoisotopic (exact) mass is 279 g/mol. The number of rotatable bonds is 6. The van der Waals surface area contributed by atoms with Gasteiger partial charge in [0.25, 0.3) is 0 Å². The number of ether oxygens (including phenoxy) is 2. The van der Waals surface area contributed by atoms with Crippen LogP contribution in [0.2, 0.25) is 0 Å². The number of carboxylic acids is 1. The first-order valence-corrected chi connectivity index (χ1v) is 6.91. The first-order valence-electron chi connectivity index (χ1n) is 6.91. The predicted octanol–water partition coefficient (Wildman–Crippen LogP) is 2.05. The van der Waals surface area contributed by atoms with Crippen molar-refractivity contribution in [2.45, 2.75) is 32.9 Å². The molecule has 1 aromatic carbocycles. The van der Waals surface area contributed by atoms with Crippen LogP contribution >= 0.6 is 0 Å². The Morgan fingerprint density at radius 3 is 2.65 bits per heavy atom. The fourth-order valence-corrected chi connectivity index (χ4v) is 2.18. The highest BCUT2D eigenvalue weighted by molar-refractivity contribution is 5.73. The standard InChI is InChI=1S/C15H21NO4/c1-10(2)7-12(15(17)18)16-9-11-3-4-13-14(8-11)20-6-5-19-13/h3-4,8,10,12,16H,5-7,9H2,1-2H3,(H,17,18). The van der Waals surface area contributed by atoms with Crippen LogP contribution in [0.3, 0.4) is 0 Å². The Morgan fingerprint density at radius 2 is 2.00 bits per heavy atom. The number of carboxylic acid groups (broad SMARTS) is 1. The first kappa shape index (κ1) is 14.7. The number of nitrogens with one attached hydrogen (secondary N) is 1. The van der Waals surface area contributed by atoms with E-state index in [0.29, 0.717) is 32.1 Å². The van der Waals surface area contributed by atoms with Gasteiger partial charge in [-0.05, 0) is 30.0 Å². The van der Waals surface area contributed by atoms with Crippen LogP contribution in [-0.4, -0.2) is 30.3 Å². The van der Waals surface area contributed by atoms with E-state index >= 15 is 0 Å². The van der Waals surface area contributed by atoms with Crippen molar-refractivity contribution in [3.05, 3.63) is 23.8 Å². The summed E-state index contributed by atoms with van der Waals surface area (Å²) in [5, 5.41) is 12.3. The molecule has 0 spiro atoms. The summed E-state index contributed by atoms with van der Waals surface area (Å²) in [6, 6.07) is 5.16. The van der Waals surface area contributed by atoms with E-state index in [1.807, 2.05) is 32.0 Å². The average molecular weight is 279 g/mol. The smallest absolute Gasteiger partial charge is 0.320 e. The van der Waals surface area contributed by atoms with E-state index in [1.165, 1.54) is 0 Å². The van der Waals surface area contributed by atoms with Crippen LogP contribution in [-0.2, 0) is 11.3 Å². The molecule has 1 aromatic rings. The molecule has 0 aromatic heterocycles. The lowest BCUT2D eigenvalue weighted by Crippen LogP contribution is -2.37. The van der Waals surface area contributed by atoms with Gasteiger partial charge in [0.2, 0.25) is 0 Å². The lowest BCUT2D eigenvalue weighted by Gasteiger charge is -2.20. The third kappa shape index (κ3) is 3.87. The number of aliphatic carboxylic acids is 1. The molecule has 0 bridgehead atoms. The molecule has 5 nitrogen and oxygen atoms in total. The van der Waals surface area contributed by atoms with Crippen molar-refractivity contribution >= 4 is 5.97 Å². The molecule has 0 saturated carbocycles. The van der Waals surface area contributed by atoms with Gasteiger partial charge in [0.15, 0.2) is 11.5 Å². The second-order valence-electron chi connectivity index (χ2n) is 5.38. The van der Waals surface area contributed by atoms with Crippen molar-refractivity contribution in [2.24, 2.45) is 5.92 Å². The maximum absolute atomic E-state index is 11.2. The van der Waals surface area contributed by atoms with Crippen LogP contribution in [0, 0.1) is 5.92 Å². The Morgan fingerprint density at radius 1 is 1.30 bits per heavy atom. The van der Waals surface area contributed by atoms with Gasteiger partial charge in [-0.1, -0.05) is 19.9 Å². The SMILES string of the molecule is CC(C)CC(NCc1ccc2c(c1)OCCO2)C(=O)O. The van der Waals surface area contributed by atoms with Crippen LogP contribution in [0.4, 0.5) is 0 Å².